The first kappa shape index (κ1) is 15.1. The van der Waals surface area contributed by atoms with Crippen molar-refractivity contribution in [3.63, 3.8) is 0 Å². The van der Waals surface area contributed by atoms with Gasteiger partial charge in [0.05, 0.1) is 5.69 Å². The van der Waals surface area contributed by atoms with Gasteiger partial charge in [-0.3, -0.25) is 0 Å². The average molecular weight is 293 g/mol. The Kier molecular flexibility index (Phi) is 5.39. The van der Waals surface area contributed by atoms with Crippen LogP contribution >= 0.6 is 0 Å². The molecule has 1 aliphatic rings. The van der Waals surface area contributed by atoms with Gasteiger partial charge < -0.3 is 25.8 Å². The predicted molar refractivity (Wildman–Crippen MR) is 77.6 cm³/mol. The standard InChI is InChI=1S/C14H19N3O4/c18-13(19)9-21-12-4-2-1-3-11(12)17-14(20)16-10-5-7-15-8-6-10/h1-4,10,15H,5-9H2,(H,18,19)(H2,16,17,20). The molecule has 7 heteroatoms. The third-order valence-corrected chi connectivity index (χ3v) is 3.16. The Morgan fingerprint density at radius 3 is 2.71 bits per heavy atom. The molecule has 0 aromatic heterocycles. The molecule has 1 aromatic rings. The fourth-order valence-corrected chi connectivity index (χ4v) is 2.15. The van der Waals surface area contributed by atoms with Gasteiger partial charge in [-0.05, 0) is 38.1 Å². The molecule has 2 amide bonds. The van der Waals surface area contributed by atoms with Crippen molar-refractivity contribution in [2.75, 3.05) is 25.0 Å². The van der Waals surface area contributed by atoms with Crippen LogP contribution in [0, 0.1) is 0 Å². The van der Waals surface area contributed by atoms with Crippen LogP contribution in [0.25, 0.3) is 0 Å². The lowest BCUT2D eigenvalue weighted by Crippen LogP contribution is -2.44. The number of nitrogens with one attached hydrogen (secondary N) is 3. The van der Waals surface area contributed by atoms with Crippen molar-refractivity contribution < 1.29 is 19.4 Å². The van der Waals surface area contributed by atoms with Gasteiger partial charge in [-0.15, -0.1) is 0 Å². The lowest BCUT2D eigenvalue weighted by molar-refractivity contribution is -0.139. The number of anilines is 1. The van der Waals surface area contributed by atoms with Gasteiger partial charge in [-0.1, -0.05) is 12.1 Å². The second kappa shape index (κ2) is 7.49. The number of amides is 2. The molecule has 0 aliphatic carbocycles. The Balaban J connectivity index is 1.91. The van der Waals surface area contributed by atoms with Crippen molar-refractivity contribution in [1.82, 2.24) is 10.6 Å². The number of carbonyl (C=O) groups is 2. The van der Waals surface area contributed by atoms with Gasteiger partial charge in [-0.2, -0.15) is 0 Å². The number of urea groups is 1. The monoisotopic (exact) mass is 293 g/mol. The minimum atomic E-state index is -1.07. The molecule has 1 fully saturated rings. The summed E-state index contributed by atoms with van der Waals surface area (Å²) in [5, 5.41) is 17.5. The molecule has 1 aromatic carbocycles. The molecule has 0 spiro atoms. The number of ether oxygens (including phenoxy) is 1. The third-order valence-electron chi connectivity index (χ3n) is 3.16. The van der Waals surface area contributed by atoms with Crippen LogP contribution in [0.2, 0.25) is 0 Å². The number of piperidine rings is 1. The van der Waals surface area contributed by atoms with Crippen LogP contribution in [0.3, 0.4) is 0 Å². The highest BCUT2D eigenvalue weighted by molar-refractivity contribution is 5.91. The summed E-state index contributed by atoms with van der Waals surface area (Å²) in [6.07, 6.45) is 1.79. The number of para-hydroxylation sites is 2. The zero-order valence-electron chi connectivity index (χ0n) is 11.6. The van der Waals surface area contributed by atoms with E-state index in [1.165, 1.54) is 0 Å². The Hall–Kier alpha value is -2.28. The van der Waals surface area contributed by atoms with Gasteiger partial charge in [-0.25, -0.2) is 9.59 Å². The summed E-state index contributed by atoms with van der Waals surface area (Å²) < 4.78 is 5.14. The number of benzene rings is 1. The molecule has 0 unspecified atom stereocenters. The second-order valence-electron chi connectivity index (χ2n) is 4.80. The second-order valence-corrected chi connectivity index (χ2v) is 4.80. The molecule has 4 N–H and O–H groups in total. The first-order valence-corrected chi connectivity index (χ1v) is 6.87. The maximum Gasteiger partial charge on any atom is 0.341 e. The van der Waals surface area contributed by atoms with E-state index < -0.39 is 12.6 Å². The van der Waals surface area contributed by atoms with Crippen LogP contribution in [0.5, 0.6) is 5.75 Å². The molecular formula is C14H19N3O4. The summed E-state index contributed by atoms with van der Waals surface area (Å²) in [5.74, 6) is -0.732. The molecule has 114 valence electrons. The van der Waals surface area contributed by atoms with Crippen LogP contribution in [0.1, 0.15) is 12.8 Å². The van der Waals surface area contributed by atoms with Gasteiger partial charge in [0.1, 0.15) is 5.75 Å². The number of rotatable bonds is 5. The molecular weight excluding hydrogens is 274 g/mol. The molecule has 1 aliphatic heterocycles. The number of aliphatic carboxylic acids is 1. The van der Waals surface area contributed by atoms with E-state index in [0.717, 1.165) is 25.9 Å². The first-order chi connectivity index (χ1) is 10.1. The summed E-state index contributed by atoms with van der Waals surface area (Å²) in [6.45, 7) is 1.33. The molecule has 2 rings (SSSR count). The van der Waals surface area contributed by atoms with Crippen LogP contribution in [0.4, 0.5) is 10.5 Å². The molecule has 1 saturated heterocycles. The average Bonchev–Trinajstić information content (AvgIpc) is 2.47. The van der Waals surface area contributed by atoms with E-state index in [1.807, 2.05) is 0 Å². The van der Waals surface area contributed by atoms with E-state index in [2.05, 4.69) is 16.0 Å². The van der Waals surface area contributed by atoms with Crippen LogP contribution < -0.4 is 20.7 Å². The van der Waals surface area contributed by atoms with Crippen molar-refractivity contribution in [3.05, 3.63) is 24.3 Å². The highest BCUT2D eigenvalue weighted by Crippen LogP contribution is 2.23. The number of carbonyl (C=O) groups excluding carboxylic acids is 1. The molecule has 1 heterocycles. The highest BCUT2D eigenvalue weighted by Gasteiger charge is 2.16. The van der Waals surface area contributed by atoms with Crippen molar-refractivity contribution in [1.29, 1.82) is 0 Å². The van der Waals surface area contributed by atoms with E-state index in [-0.39, 0.29) is 12.1 Å². The van der Waals surface area contributed by atoms with E-state index in [0.29, 0.717) is 11.4 Å². The Bertz CT molecular complexity index is 501. The van der Waals surface area contributed by atoms with E-state index >= 15 is 0 Å². The van der Waals surface area contributed by atoms with Gasteiger partial charge in [0.2, 0.25) is 0 Å². The molecule has 21 heavy (non-hydrogen) atoms. The number of carboxylic acids is 1. The fourth-order valence-electron chi connectivity index (χ4n) is 2.15. The maximum atomic E-state index is 12.0. The Morgan fingerprint density at radius 2 is 2.00 bits per heavy atom. The van der Waals surface area contributed by atoms with Crippen molar-refractivity contribution in [2.45, 2.75) is 18.9 Å². The molecule has 0 saturated carbocycles. The normalized spacial score (nSPS) is 15.2. The largest absolute Gasteiger partial charge is 0.480 e. The third kappa shape index (κ3) is 4.96. The minimum Gasteiger partial charge on any atom is -0.480 e. The van der Waals surface area contributed by atoms with Crippen LogP contribution in [0.15, 0.2) is 24.3 Å². The van der Waals surface area contributed by atoms with Crippen LogP contribution in [-0.4, -0.2) is 42.8 Å². The maximum absolute atomic E-state index is 12.0. The van der Waals surface area contributed by atoms with E-state index in [4.69, 9.17) is 9.84 Å². The van der Waals surface area contributed by atoms with Crippen LogP contribution in [-0.2, 0) is 4.79 Å². The SMILES string of the molecule is O=C(O)COc1ccccc1NC(=O)NC1CCNCC1. The van der Waals surface area contributed by atoms with Gasteiger partial charge >= 0.3 is 12.0 Å². The first-order valence-electron chi connectivity index (χ1n) is 6.87. The molecule has 0 bridgehead atoms. The smallest absolute Gasteiger partial charge is 0.341 e. The Morgan fingerprint density at radius 1 is 1.29 bits per heavy atom. The van der Waals surface area contributed by atoms with Gasteiger partial charge in [0.15, 0.2) is 6.61 Å². The summed E-state index contributed by atoms with van der Waals surface area (Å²) in [4.78, 5) is 22.5. The summed E-state index contributed by atoms with van der Waals surface area (Å²) in [6, 6.07) is 6.58. The lowest BCUT2D eigenvalue weighted by atomic mass is 10.1. The van der Waals surface area contributed by atoms with E-state index in [9.17, 15) is 9.59 Å². The number of hydrogen-bond donors (Lipinski definition) is 4. The number of hydrogen-bond acceptors (Lipinski definition) is 4. The van der Waals surface area contributed by atoms with Crippen molar-refractivity contribution >= 4 is 17.7 Å². The fraction of sp³-hybridized carbons (Fsp3) is 0.429. The summed E-state index contributed by atoms with van der Waals surface area (Å²) in [7, 11) is 0. The molecule has 0 radical (unpaired) electrons. The van der Waals surface area contributed by atoms with Crippen molar-refractivity contribution in [2.24, 2.45) is 0 Å². The van der Waals surface area contributed by atoms with E-state index in [1.54, 1.807) is 24.3 Å². The Labute approximate surface area is 122 Å². The zero-order chi connectivity index (χ0) is 15.1. The van der Waals surface area contributed by atoms with Crippen molar-refractivity contribution in [3.8, 4) is 5.75 Å². The van der Waals surface area contributed by atoms with Gasteiger partial charge in [0, 0.05) is 6.04 Å². The number of carboxylic acid groups (broad SMARTS) is 1. The summed E-state index contributed by atoms with van der Waals surface area (Å²) in [5.41, 5.74) is 0.449. The zero-order valence-corrected chi connectivity index (χ0v) is 11.6. The quantitative estimate of drug-likeness (QED) is 0.649. The molecule has 7 nitrogen and oxygen atoms in total. The highest BCUT2D eigenvalue weighted by atomic mass is 16.5. The molecule has 0 atom stereocenters. The lowest BCUT2D eigenvalue weighted by Gasteiger charge is -2.24. The van der Waals surface area contributed by atoms with Gasteiger partial charge in [0.25, 0.3) is 0 Å². The minimum absolute atomic E-state index is 0.151. The summed E-state index contributed by atoms with van der Waals surface area (Å²) >= 11 is 0. The predicted octanol–water partition coefficient (Wildman–Crippen LogP) is 1.02. The topological polar surface area (TPSA) is 99.7 Å².